The lowest BCUT2D eigenvalue weighted by Gasteiger charge is -2.20. The van der Waals surface area contributed by atoms with Gasteiger partial charge in [0.05, 0.1) is 0 Å². The molecule has 0 radical (unpaired) electrons. The quantitative estimate of drug-likeness (QED) is 0.758. The molecule has 1 N–H and O–H groups in total. The molecule has 1 unspecified atom stereocenters. The first-order valence-electron chi connectivity index (χ1n) is 3.34. The predicted octanol–water partition coefficient (Wildman–Crippen LogP) is 2.40. The van der Waals surface area contributed by atoms with Gasteiger partial charge < -0.3 is 0 Å². The summed E-state index contributed by atoms with van der Waals surface area (Å²) < 4.78 is 72.7. The van der Waals surface area contributed by atoms with E-state index in [-0.39, 0.29) is 0 Å². The molecular formula is C6H4F6N2. The van der Waals surface area contributed by atoms with Crippen molar-refractivity contribution in [3.8, 4) is 0 Å². The lowest BCUT2D eigenvalue weighted by molar-refractivity contribution is -0.249. The molecule has 1 heterocycles. The van der Waals surface area contributed by atoms with Crippen LogP contribution in [0.2, 0.25) is 0 Å². The third-order valence-electron chi connectivity index (χ3n) is 1.47. The minimum atomic E-state index is -5.60. The molecule has 0 spiro atoms. The molecular weight excluding hydrogens is 214 g/mol. The second-order valence-electron chi connectivity index (χ2n) is 2.50. The smallest absolute Gasteiger partial charge is 0.276 e. The topological polar surface area (TPSA) is 28.7 Å². The van der Waals surface area contributed by atoms with Gasteiger partial charge in [-0.25, -0.2) is 4.39 Å². The molecule has 0 aromatic carbocycles. The van der Waals surface area contributed by atoms with Gasteiger partial charge in [0.2, 0.25) is 0 Å². The van der Waals surface area contributed by atoms with Crippen molar-refractivity contribution >= 4 is 0 Å². The van der Waals surface area contributed by atoms with E-state index in [9.17, 15) is 26.3 Å². The van der Waals surface area contributed by atoms with Crippen molar-refractivity contribution in [2.24, 2.45) is 0 Å². The zero-order valence-electron chi connectivity index (χ0n) is 6.45. The maximum atomic E-state index is 12.7. The van der Waals surface area contributed by atoms with Crippen LogP contribution in [0.3, 0.4) is 0 Å². The maximum Gasteiger partial charge on any atom is 0.426 e. The monoisotopic (exact) mass is 218 g/mol. The molecule has 1 aromatic rings. The number of aromatic amines is 1. The molecule has 0 amide bonds. The third-order valence-corrected chi connectivity index (χ3v) is 1.47. The summed E-state index contributed by atoms with van der Waals surface area (Å²) in [5.41, 5.74) is -1.21. The van der Waals surface area contributed by atoms with Gasteiger partial charge in [-0.2, -0.15) is 27.1 Å². The van der Waals surface area contributed by atoms with Crippen LogP contribution in [0.4, 0.5) is 26.3 Å². The molecule has 1 aromatic heterocycles. The number of hydrogen-bond donors (Lipinski definition) is 1. The predicted molar refractivity (Wildman–Crippen MR) is 33.4 cm³/mol. The number of H-pyrrole nitrogens is 1. The number of nitrogens with one attached hydrogen (secondary N) is 1. The number of aromatic nitrogens is 2. The fourth-order valence-electron chi connectivity index (χ4n) is 0.784. The van der Waals surface area contributed by atoms with Crippen LogP contribution in [0, 0.1) is 0 Å². The van der Waals surface area contributed by atoms with Crippen LogP contribution >= 0.6 is 0 Å². The van der Waals surface area contributed by atoms with Crippen molar-refractivity contribution in [2.75, 3.05) is 0 Å². The van der Waals surface area contributed by atoms with E-state index in [1.165, 1.54) is 0 Å². The Hall–Kier alpha value is -1.21. The molecule has 8 heteroatoms. The number of alkyl halides is 6. The van der Waals surface area contributed by atoms with Crippen molar-refractivity contribution in [3.05, 3.63) is 18.0 Å². The first-order valence-corrected chi connectivity index (χ1v) is 3.34. The Morgan fingerprint density at radius 2 is 1.79 bits per heavy atom. The molecule has 0 saturated carbocycles. The van der Waals surface area contributed by atoms with E-state index >= 15 is 0 Å². The van der Waals surface area contributed by atoms with E-state index in [0.717, 1.165) is 6.20 Å². The summed E-state index contributed by atoms with van der Waals surface area (Å²) in [7, 11) is 0. The van der Waals surface area contributed by atoms with E-state index in [0.29, 0.717) is 6.07 Å². The normalized spacial score (nSPS) is 15.6. The van der Waals surface area contributed by atoms with E-state index in [1.54, 1.807) is 5.10 Å². The molecule has 80 valence electrons. The highest BCUT2D eigenvalue weighted by molar-refractivity contribution is 5.09. The first kappa shape index (κ1) is 10.9. The molecule has 0 bridgehead atoms. The minimum absolute atomic E-state index is 0.582. The first-order chi connectivity index (χ1) is 6.26. The fraction of sp³-hybridized carbons (Fsp3) is 0.500. The van der Waals surface area contributed by atoms with Crippen molar-refractivity contribution in [2.45, 2.75) is 18.3 Å². The highest BCUT2D eigenvalue weighted by Crippen LogP contribution is 2.40. The van der Waals surface area contributed by atoms with E-state index in [2.05, 4.69) is 5.10 Å². The molecule has 0 saturated heterocycles. The minimum Gasteiger partial charge on any atom is -0.276 e. The molecule has 1 atom stereocenters. The maximum absolute atomic E-state index is 12.7. The lowest BCUT2D eigenvalue weighted by atomic mass is 10.1. The summed E-state index contributed by atoms with van der Waals surface area (Å²) >= 11 is 0. The number of hydrogen-bond acceptors (Lipinski definition) is 1. The molecule has 2 nitrogen and oxygen atoms in total. The molecule has 0 fully saturated rings. The average molecular weight is 218 g/mol. The van der Waals surface area contributed by atoms with Crippen LogP contribution in [0.15, 0.2) is 12.3 Å². The van der Waals surface area contributed by atoms with Crippen molar-refractivity contribution in [1.29, 1.82) is 0 Å². The van der Waals surface area contributed by atoms with Crippen LogP contribution in [0.5, 0.6) is 0 Å². The van der Waals surface area contributed by atoms with E-state index in [1.807, 2.05) is 0 Å². The molecule has 0 aliphatic carbocycles. The van der Waals surface area contributed by atoms with Crippen LogP contribution < -0.4 is 0 Å². The largest absolute Gasteiger partial charge is 0.426 e. The Labute approximate surface area is 73.9 Å². The summed E-state index contributed by atoms with van der Waals surface area (Å²) in [6.07, 6.45) is -9.03. The standard InChI is InChI=1S/C6H4F6N2/c7-4(6(10,11)12)5(8,9)3-1-2-13-14-3/h1-2,4H,(H,13,14). The zero-order chi connectivity index (χ0) is 11.0. The van der Waals surface area contributed by atoms with Gasteiger partial charge in [-0.05, 0) is 6.07 Å². The SMILES string of the molecule is FC(C(F)(F)F)C(F)(F)c1ccn[nH]1. The number of rotatable bonds is 2. The van der Waals surface area contributed by atoms with Crippen LogP contribution in [-0.4, -0.2) is 22.5 Å². The highest BCUT2D eigenvalue weighted by Gasteiger charge is 2.58. The van der Waals surface area contributed by atoms with Gasteiger partial charge in [0, 0.05) is 6.20 Å². The third kappa shape index (κ3) is 1.83. The van der Waals surface area contributed by atoms with Crippen molar-refractivity contribution < 1.29 is 26.3 Å². The van der Waals surface area contributed by atoms with Gasteiger partial charge >= 0.3 is 12.1 Å². The second-order valence-corrected chi connectivity index (χ2v) is 2.50. The van der Waals surface area contributed by atoms with Gasteiger partial charge in [0.1, 0.15) is 5.69 Å². The Balaban J connectivity index is 2.96. The molecule has 0 aliphatic rings. The van der Waals surface area contributed by atoms with Gasteiger partial charge in [-0.3, -0.25) is 5.10 Å². The summed E-state index contributed by atoms with van der Waals surface area (Å²) in [4.78, 5) is 0. The van der Waals surface area contributed by atoms with Crippen molar-refractivity contribution in [1.82, 2.24) is 10.2 Å². The van der Waals surface area contributed by atoms with Gasteiger partial charge in [-0.1, -0.05) is 0 Å². The lowest BCUT2D eigenvalue weighted by Crippen LogP contribution is -2.39. The summed E-state index contributed by atoms with van der Waals surface area (Å²) in [5.74, 6) is -4.64. The summed E-state index contributed by atoms with van der Waals surface area (Å²) in [5, 5.41) is 4.60. The molecule has 14 heavy (non-hydrogen) atoms. The average Bonchev–Trinajstić information content (AvgIpc) is 2.53. The number of halogens is 6. The highest BCUT2D eigenvalue weighted by atomic mass is 19.4. The zero-order valence-corrected chi connectivity index (χ0v) is 6.45. The summed E-state index contributed by atoms with van der Waals surface area (Å²) in [6, 6.07) is 0.582. The Morgan fingerprint density at radius 3 is 2.14 bits per heavy atom. The van der Waals surface area contributed by atoms with Crippen molar-refractivity contribution in [3.63, 3.8) is 0 Å². The fourth-order valence-corrected chi connectivity index (χ4v) is 0.784. The Morgan fingerprint density at radius 1 is 1.21 bits per heavy atom. The van der Waals surface area contributed by atoms with Crippen LogP contribution in [-0.2, 0) is 5.92 Å². The molecule has 1 rings (SSSR count). The second kappa shape index (κ2) is 3.18. The van der Waals surface area contributed by atoms with E-state index in [4.69, 9.17) is 0 Å². The van der Waals surface area contributed by atoms with Gasteiger partial charge in [0.25, 0.3) is 6.17 Å². The molecule has 0 aliphatic heterocycles. The Kier molecular flexibility index (Phi) is 2.47. The summed E-state index contributed by atoms with van der Waals surface area (Å²) in [6.45, 7) is 0. The van der Waals surface area contributed by atoms with Crippen LogP contribution in [0.1, 0.15) is 5.69 Å². The van der Waals surface area contributed by atoms with Gasteiger partial charge in [-0.15, -0.1) is 0 Å². The Bertz CT molecular complexity index is 290. The van der Waals surface area contributed by atoms with E-state index < -0.39 is 24.0 Å². The van der Waals surface area contributed by atoms with Gasteiger partial charge in [0.15, 0.2) is 0 Å². The number of nitrogens with zero attached hydrogens (tertiary/aromatic N) is 1. The van der Waals surface area contributed by atoms with Crippen LogP contribution in [0.25, 0.3) is 0 Å².